The molecule has 12 heteroatoms. The summed E-state index contributed by atoms with van der Waals surface area (Å²) >= 11 is 0. The minimum atomic E-state index is -4.66. The second-order valence-electron chi connectivity index (χ2n) is 6.98. The molecular weight excluding hydrogens is 425 g/mol. The van der Waals surface area contributed by atoms with Gasteiger partial charge in [-0.25, -0.2) is 18.7 Å². The predicted octanol–water partition coefficient (Wildman–Crippen LogP) is 3.99. The molecule has 2 N–H and O–H groups in total. The lowest BCUT2D eigenvalue weighted by molar-refractivity contribution is -0.344. The van der Waals surface area contributed by atoms with E-state index in [1.807, 2.05) is 0 Å². The average Bonchev–Trinajstić information content (AvgIpc) is 3.09. The maximum atomic E-state index is 13.5. The van der Waals surface area contributed by atoms with Gasteiger partial charge in [0, 0.05) is 30.7 Å². The number of aromatic nitrogens is 3. The molecule has 0 bridgehead atoms. The lowest BCUT2D eigenvalue weighted by Gasteiger charge is -2.32. The molecule has 1 aromatic carbocycles. The predicted molar refractivity (Wildman–Crippen MR) is 101 cm³/mol. The number of fused-ring (bicyclic) bond motifs is 1. The van der Waals surface area contributed by atoms with Crippen molar-refractivity contribution in [2.75, 3.05) is 23.3 Å². The first kappa shape index (κ1) is 21.0. The van der Waals surface area contributed by atoms with Crippen molar-refractivity contribution in [2.45, 2.75) is 25.3 Å². The molecule has 4 rings (SSSR count). The summed E-state index contributed by atoms with van der Waals surface area (Å²) in [6.07, 6.45) is -1.21. The molecule has 7 nitrogen and oxygen atoms in total. The lowest BCUT2D eigenvalue weighted by Crippen LogP contribution is -2.39. The number of H-pyrrole nitrogens is 1. The van der Waals surface area contributed by atoms with Gasteiger partial charge in [-0.3, -0.25) is 9.53 Å². The number of carbonyl (C=O) groups is 1. The van der Waals surface area contributed by atoms with Gasteiger partial charge in [0.15, 0.2) is 11.6 Å². The maximum Gasteiger partial charge on any atom is 0.522 e. The van der Waals surface area contributed by atoms with Gasteiger partial charge in [-0.1, -0.05) is 0 Å². The average molecular weight is 441 g/mol. The summed E-state index contributed by atoms with van der Waals surface area (Å²) in [5, 5.41) is 2.85. The maximum absolute atomic E-state index is 13.5. The zero-order valence-corrected chi connectivity index (χ0v) is 15.8. The first-order valence-electron chi connectivity index (χ1n) is 9.28. The molecule has 0 aliphatic carbocycles. The fourth-order valence-corrected chi connectivity index (χ4v) is 3.40. The van der Waals surface area contributed by atoms with Crippen LogP contribution in [0.4, 0.5) is 33.5 Å². The number of benzene rings is 1. The number of nitrogens with zero attached hydrogens (tertiary/aromatic N) is 3. The van der Waals surface area contributed by atoms with Crippen LogP contribution in [0.3, 0.4) is 0 Å². The number of hydrogen-bond donors (Lipinski definition) is 2. The lowest BCUT2D eigenvalue weighted by atomic mass is 10.1. The number of rotatable bonds is 4. The molecule has 0 saturated carbocycles. The smallest absolute Gasteiger partial charge is 0.359 e. The molecule has 1 aliphatic heterocycles. The van der Waals surface area contributed by atoms with E-state index in [-0.39, 0.29) is 24.2 Å². The molecule has 3 heterocycles. The third-order valence-corrected chi connectivity index (χ3v) is 4.91. The van der Waals surface area contributed by atoms with Crippen LogP contribution in [-0.4, -0.2) is 46.4 Å². The Hall–Kier alpha value is -3.28. The number of amides is 1. The van der Waals surface area contributed by atoms with Crippen LogP contribution in [0.2, 0.25) is 0 Å². The second kappa shape index (κ2) is 8.10. The Bertz CT molecular complexity index is 1090. The van der Waals surface area contributed by atoms with Crippen molar-refractivity contribution in [1.82, 2.24) is 15.0 Å². The molecule has 0 radical (unpaired) electrons. The number of nitrogens with one attached hydrogen (secondary N) is 2. The van der Waals surface area contributed by atoms with Crippen LogP contribution in [0.5, 0.6) is 0 Å². The van der Waals surface area contributed by atoms with E-state index >= 15 is 0 Å². The molecule has 0 atom stereocenters. The van der Waals surface area contributed by atoms with Gasteiger partial charge in [-0.15, -0.1) is 13.2 Å². The molecule has 1 amide bonds. The molecule has 0 unspecified atom stereocenters. The SMILES string of the molecule is O=C(Nc1c[nH]c2cc(F)c(F)cc12)c1cnc(N2CCC(OC(F)(F)F)CC2)cn1. The minimum absolute atomic E-state index is 0.0176. The van der Waals surface area contributed by atoms with Crippen molar-refractivity contribution in [1.29, 1.82) is 0 Å². The number of hydrogen-bond acceptors (Lipinski definition) is 5. The summed E-state index contributed by atoms with van der Waals surface area (Å²) < 4.78 is 67.8. The van der Waals surface area contributed by atoms with Gasteiger partial charge in [-0.2, -0.15) is 0 Å². The summed E-state index contributed by atoms with van der Waals surface area (Å²) in [4.78, 5) is 25.1. The molecule has 1 saturated heterocycles. The highest BCUT2D eigenvalue weighted by atomic mass is 19.4. The Balaban J connectivity index is 1.40. The Morgan fingerprint density at radius 1 is 1.13 bits per heavy atom. The normalized spacial score (nSPS) is 15.5. The molecule has 2 aromatic heterocycles. The van der Waals surface area contributed by atoms with Crippen LogP contribution in [-0.2, 0) is 4.74 Å². The summed E-state index contributed by atoms with van der Waals surface area (Å²) in [6, 6.07) is 1.95. The van der Waals surface area contributed by atoms with E-state index in [4.69, 9.17) is 0 Å². The molecular formula is C19H16F5N5O2. The van der Waals surface area contributed by atoms with Crippen LogP contribution in [0, 0.1) is 11.6 Å². The number of anilines is 2. The zero-order valence-electron chi connectivity index (χ0n) is 15.8. The molecule has 164 valence electrons. The Morgan fingerprint density at radius 3 is 2.48 bits per heavy atom. The number of aromatic amines is 1. The number of alkyl halides is 3. The Labute approximate surface area is 172 Å². The second-order valence-corrected chi connectivity index (χ2v) is 6.98. The van der Waals surface area contributed by atoms with Gasteiger partial charge in [0.2, 0.25) is 0 Å². The highest BCUT2D eigenvalue weighted by Gasteiger charge is 2.35. The molecule has 3 aromatic rings. The topological polar surface area (TPSA) is 83.1 Å². The summed E-state index contributed by atoms with van der Waals surface area (Å²) in [5.74, 6) is -2.24. The third-order valence-electron chi connectivity index (χ3n) is 4.91. The molecule has 31 heavy (non-hydrogen) atoms. The van der Waals surface area contributed by atoms with Gasteiger partial charge in [-0.05, 0) is 18.9 Å². The number of piperidine rings is 1. The standard InChI is InChI=1S/C19H16F5N5O2/c20-12-5-11-14(6-13(12)21)25-7-15(11)28-18(30)16-8-27-17(9-26-16)29-3-1-10(2-4-29)31-19(22,23)24/h5-10,25H,1-4H2,(H,28,30). The van der Waals surface area contributed by atoms with Gasteiger partial charge in [0.1, 0.15) is 11.5 Å². The van der Waals surface area contributed by atoms with Gasteiger partial charge in [0.05, 0.1) is 29.7 Å². The number of ether oxygens (including phenoxy) is 1. The summed E-state index contributed by atoms with van der Waals surface area (Å²) in [5.41, 5.74) is 0.543. The van der Waals surface area contributed by atoms with Crippen molar-refractivity contribution < 1.29 is 31.5 Å². The highest BCUT2D eigenvalue weighted by Crippen LogP contribution is 2.27. The van der Waals surface area contributed by atoms with Crippen molar-refractivity contribution in [3.8, 4) is 0 Å². The monoisotopic (exact) mass is 441 g/mol. The first-order chi connectivity index (χ1) is 14.7. The quantitative estimate of drug-likeness (QED) is 0.599. The van der Waals surface area contributed by atoms with Crippen molar-refractivity contribution in [2.24, 2.45) is 0 Å². The van der Waals surface area contributed by atoms with Gasteiger partial charge < -0.3 is 15.2 Å². The number of halogens is 5. The van der Waals surface area contributed by atoms with Crippen LogP contribution < -0.4 is 10.2 Å². The van der Waals surface area contributed by atoms with E-state index in [0.29, 0.717) is 29.8 Å². The fourth-order valence-electron chi connectivity index (χ4n) is 3.40. The largest absolute Gasteiger partial charge is 0.522 e. The Kier molecular flexibility index (Phi) is 5.48. The van der Waals surface area contributed by atoms with Crippen molar-refractivity contribution in [3.05, 3.63) is 48.1 Å². The van der Waals surface area contributed by atoms with Crippen molar-refractivity contribution in [3.63, 3.8) is 0 Å². The van der Waals surface area contributed by atoms with Gasteiger partial charge >= 0.3 is 6.36 Å². The molecule has 1 aliphatic rings. The van der Waals surface area contributed by atoms with Crippen LogP contribution in [0.15, 0.2) is 30.7 Å². The van der Waals surface area contributed by atoms with Crippen molar-refractivity contribution >= 4 is 28.3 Å². The van der Waals surface area contributed by atoms with E-state index in [2.05, 4.69) is 25.0 Å². The molecule has 1 fully saturated rings. The zero-order chi connectivity index (χ0) is 22.2. The van der Waals surface area contributed by atoms with Gasteiger partial charge in [0.25, 0.3) is 5.91 Å². The highest BCUT2D eigenvalue weighted by molar-refractivity contribution is 6.07. The van der Waals surface area contributed by atoms with Crippen LogP contribution in [0.1, 0.15) is 23.3 Å². The van der Waals surface area contributed by atoms with Crippen LogP contribution >= 0.6 is 0 Å². The first-order valence-corrected chi connectivity index (χ1v) is 9.28. The van der Waals surface area contributed by atoms with E-state index in [0.717, 1.165) is 12.1 Å². The minimum Gasteiger partial charge on any atom is -0.359 e. The molecule has 0 spiro atoms. The van der Waals surface area contributed by atoms with Crippen LogP contribution in [0.25, 0.3) is 10.9 Å². The van der Waals surface area contributed by atoms with E-state index in [1.54, 1.807) is 4.90 Å². The summed E-state index contributed by atoms with van der Waals surface area (Å²) in [6.45, 7) is 0.608. The summed E-state index contributed by atoms with van der Waals surface area (Å²) in [7, 11) is 0. The number of carbonyl (C=O) groups excluding carboxylic acids is 1. The Morgan fingerprint density at radius 2 is 1.84 bits per heavy atom. The fraction of sp³-hybridized carbons (Fsp3) is 0.316. The van der Waals surface area contributed by atoms with E-state index < -0.39 is 30.0 Å². The van der Waals surface area contributed by atoms with E-state index in [1.165, 1.54) is 18.6 Å². The van der Waals surface area contributed by atoms with E-state index in [9.17, 15) is 26.7 Å². The third kappa shape index (κ3) is 4.74.